The Hall–Kier alpha value is -4.75. The molecular weight excluding hydrogens is 484 g/mol. The number of nitrogens with zero attached hydrogens (tertiary/aromatic N) is 5. The van der Waals surface area contributed by atoms with Gasteiger partial charge < -0.3 is 14.7 Å². The molecule has 192 valence electrons. The van der Waals surface area contributed by atoms with Crippen LogP contribution in [0, 0.1) is 11.3 Å². The van der Waals surface area contributed by atoms with Crippen LogP contribution in [0.1, 0.15) is 40.7 Å². The molecule has 0 spiro atoms. The number of fused-ring (bicyclic) bond motifs is 1. The number of pyridine rings is 1. The summed E-state index contributed by atoms with van der Waals surface area (Å²) in [6, 6.07) is 21.9. The highest BCUT2D eigenvalue weighted by molar-refractivity contribution is 5.95. The molecule has 1 aliphatic heterocycles. The lowest BCUT2D eigenvalue weighted by Crippen LogP contribution is -2.54. The van der Waals surface area contributed by atoms with Gasteiger partial charge in [0, 0.05) is 24.2 Å². The standard InChI is InChI=1S/C25H20N6O4.C3H6/c26-12-16-4-6-17(7-5-16)15-35-20-13-30(14-20)23(32)19-10-8-18(9-11-19)21-2-1-3-22-27-24(28-25(33)34)29-31(21)22;1-2-3-1/h1-11,20H,13-15H2,(H,28,29)(H,33,34);1-3H2. The number of anilines is 1. The lowest BCUT2D eigenvalue weighted by atomic mass is 10.1. The predicted octanol–water partition coefficient (Wildman–Crippen LogP) is 4.57. The number of nitrogens with one attached hydrogen (secondary N) is 1. The van der Waals surface area contributed by atoms with Gasteiger partial charge in [0.1, 0.15) is 0 Å². The number of benzene rings is 2. The molecule has 4 aromatic rings. The summed E-state index contributed by atoms with van der Waals surface area (Å²) in [5, 5.41) is 24.1. The molecule has 0 atom stereocenters. The van der Waals surface area contributed by atoms with E-state index in [1.807, 2.05) is 30.3 Å². The number of ether oxygens (including phenoxy) is 1. The highest BCUT2D eigenvalue weighted by Crippen LogP contribution is 2.23. The predicted molar refractivity (Wildman–Crippen MR) is 140 cm³/mol. The highest BCUT2D eigenvalue weighted by Gasteiger charge is 2.31. The summed E-state index contributed by atoms with van der Waals surface area (Å²) in [4.78, 5) is 29.6. The van der Waals surface area contributed by atoms with E-state index in [4.69, 9.17) is 15.1 Å². The second-order valence-corrected chi connectivity index (χ2v) is 9.14. The van der Waals surface area contributed by atoms with Gasteiger partial charge in [0.15, 0.2) is 5.65 Å². The first-order chi connectivity index (χ1) is 18.5. The maximum atomic E-state index is 12.8. The van der Waals surface area contributed by atoms with Gasteiger partial charge >= 0.3 is 6.09 Å². The number of hydrogen-bond donors (Lipinski definition) is 2. The fourth-order valence-corrected chi connectivity index (χ4v) is 3.84. The minimum Gasteiger partial charge on any atom is -0.465 e. The van der Waals surface area contributed by atoms with Crippen molar-refractivity contribution in [1.82, 2.24) is 19.5 Å². The van der Waals surface area contributed by atoms with Crippen molar-refractivity contribution in [2.24, 2.45) is 0 Å². The van der Waals surface area contributed by atoms with Gasteiger partial charge in [-0.2, -0.15) is 10.2 Å². The second-order valence-electron chi connectivity index (χ2n) is 9.14. The lowest BCUT2D eigenvalue weighted by molar-refractivity contribution is -0.0503. The van der Waals surface area contributed by atoms with Gasteiger partial charge in [-0.05, 0) is 42.0 Å². The van der Waals surface area contributed by atoms with Crippen LogP contribution in [0.4, 0.5) is 10.7 Å². The summed E-state index contributed by atoms with van der Waals surface area (Å²) in [5.41, 5.74) is 4.19. The minimum atomic E-state index is -1.24. The molecule has 2 N–H and O–H groups in total. The van der Waals surface area contributed by atoms with Crippen LogP contribution in [0.25, 0.3) is 16.9 Å². The summed E-state index contributed by atoms with van der Waals surface area (Å²) in [5.74, 6) is -0.0767. The van der Waals surface area contributed by atoms with Crippen LogP contribution in [0.3, 0.4) is 0 Å². The third-order valence-corrected chi connectivity index (χ3v) is 6.06. The zero-order valence-electron chi connectivity index (χ0n) is 20.6. The SMILES string of the molecule is C1CC1.N#Cc1ccc(COC2CN(C(=O)c3ccc(-c4cccc5nc(NC(=O)O)nn45)cc3)C2)cc1. The number of rotatable bonds is 6. The summed E-state index contributed by atoms with van der Waals surface area (Å²) in [6.07, 6.45) is 3.24. The topological polar surface area (TPSA) is 133 Å². The van der Waals surface area contributed by atoms with Crippen LogP contribution in [0.2, 0.25) is 0 Å². The Kier molecular flexibility index (Phi) is 7.28. The lowest BCUT2D eigenvalue weighted by Gasteiger charge is -2.39. The molecule has 2 aromatic heterocycles. The van der Waals surface area contributed by atoms with E-state index in [0.29, 0.717) is 42.2 Å². The Morgan fingerprint density at radius 1 is 1.03 bits per heavy atom. The third-order valence-electron chi connectivity index (χ3n) is 6.06. The van der Waals surface area contributed by atoms with Crippen molar-refractivity contribution in [3.05, 3.63) is 83.4 Å². The number of carboxylic acid groups (broad SMARTS) is 1. The molecule has 2 amide bonds. The molecule has 10 heteroatoms. The Balaban J connectivity index is 0.000000916. The van der Waals surface area contributed by atoms with Gasteiger partial charge in [0.05, 0.1) is 30.0 Å². The zero-order valence-corrected chi connectivity index (χ0v) is 20.6. The number of amides is 2. The maximum absolute atomic E-state index is 12.8. The number of aromatic nitrogens is 3. The van der Waals surface area contributed by atoms with Gasteiger partial charge in [-0.3, -0.25) is 10.1 Å². The van der Waals surface area contributed by atoms with Gasteiger partial charge in [-0.15, -0.1) is 5.10 Å². The molecular formula is C28H26N6O4. The molecule has 2 aromatic carbocycles. The van der Waals surface area contributed by atoms with Crippen molar-refractivity contribution in [1.29, 1.82) is 5.26 Å². The molecule has 2 aliphatic rings. The van der Waals surface area contributed by atoms with Crippen LogP contribution in [-0.4, -0.2) is 55.8 Å². The average molecular weight is 511 g/mol. The fraction of sp³-hybridized carbons (Fsp3) is 0.250. The van der Waals surface area contributed by atoms with Crippen molar-refractivity contribution in [2.75, 3.05) is 18.4 Å². The second kappa shape index (κ2) is 11.1. The van der Waals surface area contributed by atoms with E-state index in [9.17, 15) is 9.59 Å². The van der Waals surface area contributed by atoms with E-state index in [2.05, 4.69) is 21.5 Å². The smallest absolute Gasteiger partial charge is 0.411 e. The van der Waals surface area contributed by atoms with Gasteiger partial charge in [0.25, 0.3) is 11.9 Å². The largest absolute Gasteiger partial charge is 0.465 e. The number of hydrogen-bond acceptors (Lipinski definition) is 6. The first-order valence-electron chi connectivity index (χ1n) is 12.4. The Morgan fingerprint density at radius 2 is 1.74 bits per heavy atom. The molecule has 0 unspecified atom stereocenters. The van der Waals surface area contributed by atoms with E-state index in [0.717, 1.165) is 11.1 Å². The highest BCUT2D eigenvalue weighted by atomic mass is 16.5. The van der Waals surface area contributed by atoms with Crippen molar-refractivity contribution < 1.29 is 19.4 Å². The van der Waals surface area contributed by atoms with Crippen LogP contribution in [0.5, 0.6) is 0 Å². The molecule has 0 radical (unpaired) electrons. The normalized spacial score (nSPS) is 14.1. The molecule has 10 nitrogen and oxygen atoms in total. The van der Waals surface area contributed by atoms with Crippen LogP contribution in [0.15, 0.2) is 66.7 Å². The molecule has 6 rings (SSSR count). The molecule has 38 heavy (non-hydrogen) atoms. The minimum absolute atomic E-state index is 0.00881. The first-order valence-corrected chi connectivity index (χ1v) is 12.4. The van der Waals surface area contributed by atoms with Crippen LogP contribution >= 0.6 is 0 Å². The maximum Gasteiger partial charge on any atom is 0.411 e. The Bertz CT molecular complexity index is 1480. The summed E-state index contributed by atoms with van der Waals surface area (Å²) in [6.45, 7) is 1.48. The third kappa shape index (κ3) is 5.96. The average Bonchev–Trinajstić information content (AvgIpc) is 3.73. The van der Waals surface area contributed by atoms with E-state index in [1.54, 1.807) is 45.8 Å². The van der Waals surface area contributed by atoms with Crippen molar-refractivity contribution in [3.63, 3.8) is 0 Å². The Labute approximate surface area is 219 Å². The number of nitriles is 1. The zero-order chi connectivity index (χ0) is 26.5. The van der Waals surface area contributed by atoms with Crippen LogP contribution in [-0.2, 0) is 11.3 Å². The van der Waals surface area contributed by atoms with Gasteiger partial charge in [-0.25, -0.2) is 9.31 Å². The van der Waals surface area contributed by atoms with E-state index in [1.165, 1.54) is 19.3 Å². The first kappa shape index (κ1) is 24.9. The quantitative estimate of drug-likeness (QED) is 0.388. The monoisotopic (exact) mass is 510 g/mol. The summed E-state index contributed by atoms with van der Waals surface area (Å²) >= 11 is 0. The summed E-state index contributed by atoms with van der Waals surface area (Å²) in [7, 11) is 0. The van der Waals surface area contributed by atoms with Gasteiger partial charge in [-0.1, -0.05) is 49.6 Å². The van der Waals surface area contributed by atoms with Crippen LogP contribution < -0.4 is 5.32 Å². The van der Waals surface area contributed by atoms with E-state index in [-0.39, 0.29) is 18.0 Å². The molecule has 1 aliphatic carbocycles. The molecule has 3 heterocycles. The van der Waals surface area contributed by atoms with Crippen molar-refractivity contribution in [2.45, 2.75) is 32.0 Å². The number of carbonyl (C=O) groups is 2. The molecule has 2 fully saturated rings. The molecule has 1 saturated heterocycles. The molecule has 1 saturated carbocycles. The fourth-order valence-electron chi connectivity index (χ4n) is 3.84. The summed E-state index contributed by atoms with van der Waals surface area (Å²) < 4.78 is 7.41. The number of likely N-dealkylation sites (tertiary alicyclic amines) is 1. The molecule has 0 bridgehead atoms. The van der Waals surface area contributed by atoms with Gasteiger partial charge in [0.2, 0.25) is 0 Å². The van der Waals surface area contributed by atoms with E-state index < -0.39 is 6.09 Å². The van der Waals surface area contributed by atoms with E-state index >= 15 is 0 Å². The van der Waals surface area contributed by atoms with Crippen molar-refractivity contribution >= 4 is 23.6 Å². The Morgan fingerprint density at radius 3 is 2.37 bits per heavy atom. The number of carbonyl (C=O) groups excluding carboxylic acids is 1. The van der Waals surface area contributed by atoms with Crippen molar-refractivity contribution in [3.8, 4) is 17.3 Å².